The van der Waals surface area contributed by atoms with Gasteiger partial charge in [0.15, 0.2) is 0 Å². The molecule has 94 valence electrons. The number of hydrogen-bond donors (Lipinski definition) is 2. The minimum Gasteiger partial charge on any atom is -0.392 e. The summed E-state index contributed by atoms with van der Waals surface area (Å²) >= 11 is 5.94. The number of nitrogens with one attached hydrogen (secondary N) is 1. The van der Waals surface area contributed by atoms with Crippen molar-refractivity contribution in [2.24, 2.45) is 0 Å². The van der Waals surface area contributed by atoms with E-state index in [-0.39, 0.29) is 12.4 Å². The number of halogens is 2. The molecule has 0 fully saturated rings. The fourth-order valence-electron chi connectivity index (χ4n) is 1.69. The smallest absolute Gasteiger partial charge is 0.124 e. The molecule has 0 radical (unpaired) electrons. The summed E-state index contributed by atoms with van der Waals surface area (Å²) in [6.07, 6.45) is 0. The first-order chi connectivity index (χ1) is 8.70. The Morgan fingerprint density at radius 3 is 2.61 bits per heavy atom. The third-order valence-corrected chi connectivity index (χ3v) is 3.02. The fraction of sp³-hybridized carbons (Fsp3) is 0.143. The van der Waals surface area contributed by atoms with Gasteiger partial charge in [0.1, 0.15) is 5.82 Å². The maximum atomic E-state index is 12.9. The summed E-state index contributed by atoms with van der Waals surface area (Å²) in [4.78, 5) is 0. The largest absolute Gasteiger partial charge is 0.392 e. The van der Waals surface area contributed by atoms with Gasteiger partial charge in [-0.05, 0) is 23.8 Å². The van der Waals surface area contributed by atoms with Crippen molar-refractivity contribution in [3.63, 3.8) is 0 Å². The van der Waals surface area contributed by atoms with Gasteiger partial charge in [0, 0.05) is 22.8 Å². The number of anilines is 1. The van der Waals surface area contributed by atoms with Crippen LogP contribution in [-0.4, -0.2) is 5.11 Å². The van der Waals surface area contributed by atoms with Gasteiger partial charge in [-0.1, -0.05) is 35.9 Å². The Labute approximate surface area is 110 Å². The Hall–Kier alpha value is -1.58. The maximum Gasteiger partial charge on any atom is 0.124 e. The van der Waals surface area contributed by atoms with Crippen molar-refractivity contribution in [1.82, 2.24) is 0 Å². The number of aliphatic hydroxyl groups is 1. The van der Waals surface area contributed by atoms with Crippen LogP contribution in [-0.2, 0) is 13.2 Å². The van der Waals surface area contributed by atoms with E-state index in [1.54, 1.807) is 6.07 Å². The molecule has 0 saturated carbocycles. The molecule has 0 atom stereocenters. The maximum absolute atomic E-state index is 12.9. The van der Waals surface area contributed by atoms with Gasteiger partial charge in [0.2, 0.25) is 0 Å². The zero-order valence-electron chi connectivity index (χ0n) is 9.66. The molecular weight excluding hydrogens is 253 g/mol. The monoisotopic (exact) mass is 265 g/mol. The predicted molar refractivity (Wildman–Crippen MR) is 71.1 cm³/mol. The fourth-order valence-corrected chi connectivity index (χ4v) is 1.92. The molecule has 2 aromatic rings. The third-order valence-electron chi connectivity index (χ3n) is 2.67. The molecule has 2 aromatic carbocycles. The summed E-state index contributed by atoms with van der Waals surface area (Å²) in [6.45, 7) is 0.455. The molecule has 0 aliphatic rings. The molecule has 0 bridgehead atoms. The van der Waals surface area contributed by atoms with Crippen molar-refractivity contribution < 1.29 is 9.50 Å². The first-order valence-corrected chi connectivity index (χ1v) is 5.95. The highest BCUT2D eigenvalue weighted by Crippen LogP contribution is 2.20. The van der Waals surface area contributed by atoms with Crippen LogP contribution in [0.4, 0.5) is 10.1 Å². The normalized spacial score (nSPS) is 10.4. The summed E-state index contributed by atoms with van der Waals surface area (Å²) in [5.41, 5.74) is 2.47. The molecule has 0 aliphatic carbocycles. The second-order valence-electron chi connectivity index (χ2n) is 3.90. The van der Waals surface area contributed by atoms with E-state index in [0.29, 0.717) is 11.6 Å². The van der Waals surface area contributed by atoms with Crippen molar-refractivity contribution in [2.75, 3.05) is 5.32 Å². The highest BCUT2D eigenvalue weighted by molar-refractivity contribution is 6.31. The zero-order valence-corrected chi connectivity index (χ0v) is 10.4. The second kappa shape index (κ2) is 5.85. The number of rotatable bonds is 4. The summed E-state index contributed by atoms with van der Waals surface area (Å²) in [5, 5.41) is 12.8. The van der Waals surface area contributed by atoms with Crippen LogP contribution in [0.25, 0.3) is 0 Å². The lowest BCUT2D eigenvalue weighted by Crippen LogP contribution is -2.03. The SMILES string of the molecule is OCc1ccccc1NCc1ccc(F)cc1Cl. The summed E-state index contributed by atoms with van der Waals surface area (Å²) in [5.74, 6) is -0.348. The quantitative estimate of drug-likeness (QED) is 0.886. The van der Waals surface area contributed by atoms with Crippen LogP contribution >= 0.6 is 11.6 Å². The highest BCUT2D eigenvalue weighted by Gasteiger charge is 2.04. The summed E-state index contributed by atoms with van der Waals surface area (Å²) < 4.78 is 12.9. The minimum atomic E-state index is -0.348. The summed E-state index contributed by atoms with van der Waals surface area (Å²) in [7, 11) is 0. The first-order valence-electron chi connectivity index (χ1n) is 5.57. The molecule has 2 rings (SSSR count). The molecule has 0 aliphatic heterocycles. The van der Waals surface area contributed by atoms with E-state index in [9.17, 15) is 9.50 Å². The number of benzene rings is 2. The number of hydrogen-bond acceptors (Lipinski definition) is 2. The molecule has 0 spiro atoms. The molecule has 0 amide bonds. The molecular formula is C14H13ClFNO. The Balaban J connectivity index is 2.11. The third kappa shape index (κ3) is 3.00. The van der Waals surface area contributed by atoms with Crippen molar-refractivity contribution in [3.05, 3.63) is 64.4 Å². The van der Waals surface area contributed by atoms with E-state index in [1.807, 2.05) is 24.3 Å². The van der Waals surface area contributed by atoms with Crippen LogP contribution in [0.5, 0.6) is 0 Å². The van der Waals surface area contributed by atoms with Crippen LogP contribution in [0.15, 0.2) is 42.5 Å². The second-order valence-corrected chi connectivity index (χ2v) is 4.31. The van der Waals surface area contributed by atoms with E-state index in [1.165, 1.54) is 12.1 Å². The van der Waals surface area contributed by atoms with Gasteiger partial charge >= 0.3 is 0 Å². The summed E-state index contributed by atoms with van der Waals surface area (Å²) in [6, 6.07) is 11.8. The molecule has 0 aromatic heterocycles. The van der Waals surface area contributed by atoms with Gasteiger partial charge in [-0.3, -0.25) is 0 Å². The van der Waals surface area contributed by atoms with E-state index in [4.69, 9.17) is 11.6 Å². The Morgan fingerprint density at radius 1 is 1.11 bits per heavy atom. The van der Waals surface area contributed by atoms with Crippen molar-refractivity contribution in [3.8, 4) is 0 Å². The van der Waals surface area contributed by atoms with E-state index < -0.39 is 0 Å². The van der Waals surface area contributed by atoms with E-state index in [2.05, 4.69) is 5.32 Å². The number of aliphatic hydroxyl groups excluding tert-OH is 1. The molecule has 0 saturated heterocycles. The molecule has 0 unspecified atom stereocenters. The lowest BCUT2D eigenvalue weighted by molar-refractivity contribution is 0.282. The molecule has 0 heterocycles. The predicted octanol–water partition coefficient (Wildman–Crippen LogP) is 3.58. The average molecular weight is 266 g/mol. The lowest BCUT2D eigenvalue weighted by atomic mass is 10.1. The molecule has 18 heavy (non-hydrogen) atoms. The van der Waals surface area contributed by atoms with Crippen molar-refractivity contribution >= 4 is 17.3 Å². The van der Waals surface area contributed by atoms with Crippen LogP contribution in [0.1, 0.15) is 11.1 Å². The lowest BCUT2D eigenvalue weighted by Gasteiger charge is -2.11. The van der Waals surface area contributed by atoms with Crippen molar-refractivity contribution in [2.45, 2.75) is 13.2 Å². The van der Waals surface area contributed by atoms with Crippen LogP contribution in [0.2, 0.25) is 5.02 Å². The van der Waals surface area contributed by atoms with Gasteiger partial charge < -0.3 is 10.4 Å². The topological polar surface area (TPSA) is 32.3 Å². The molecule has 2 N–H and O–H groups in total. The Kier molecular flexibility index (Phi) is 4.18. The van der Waals surface area contributed by atoms with Crippen LogP contribution in [0.3, 0.4) is 0 Å². The van der Waals surface area contributed by atoms with Gasteiger partial charge in [0.25, 0.3) is 0 Å². The Morgan fingerprint density at radius 2 is 1.89 bits per heavy atom. The highest BCUT2D eigenvalue weighted by atomic mass is 35.5. The van der Waals surface area contributed by atoms with Crippen molar-refractivity contribution in [1.29, 1.82) is 0 Å². The number of para-hydroxylation sites is 1. The van der Waals surface area contributed by atoms with Gasteiger partial charge in [0.05, 0.1) is 6.61 Å². The first kappa shape index (κ1) is 12.9. The molecule has 4 heteroatoms. The van der Waals surface area contributed by atoms with Crippen LogP contribution in [0, 0.1) is 5.82 Å². The van der Waals surface area contributed by atoms with E-state index in [0.717, 1.165) is 16.8 Å². The van der Waals surface area contributed by atoms with E-state index >= 15 is 0 Å². The van der Waals surface area contributed by atoms with Gasteiger partial charge in [-0.15, -0.1) is 0 Å². The molecule has 2 nitrogen and oxygen atoms in total. The Bertz CT molecular complexity index is 545. The average Bonchev–Trinajstić information content (AvgIpc) is 2.38. The zero-order chi connectivity index (χ0) is 13.0. The van der Waals surface area contributed by atoms with Crippen LogP contribution < -0.4 is 5.32 Å². The van der Waals surface area contributed by atoms with Gasteiger partial charge in [-0.2, -0.15) is 0 Å². The van der Waals surface area contributed by atoms with Gasteiger partial charge in [-0.25, -0.2) is 4.39 Å². The minimum absolute atomic E-state index is 0.0275. The standard InChI is InChI=1S/C14H13ClFNO/c15-13-7-12(16)6-5-10(13)8-17-14-4-2-1-3-11(14)9-18/h1-7,17-18H,8-9H2.